The minimum Gasteiger partial charge on any atom is -0.494 e. The van der Waals surface area contributed by atoms with E-state index in [0.717, 1.165) is 16.9 Å². The van der Waals surface area contributed by atoms with Crippen molar-refractivity contribution in [1.29, 1.82) is 0 Å². The van der Waals surface area contributed by atoms with E-state index >= 15 is 0 Å². The number of hydrogen-bond donors (Lipinski definition) is 2. The second-order valence-corrected chi connectivity index (χ2v) is 5.62. The second kappa shape index (κ2) is 10.1. The first-order valence-electron chi connectivity index (χ1n) is 8.46. The molecular formula is C20H24N2O3. The molecule has 0 heterocycles. The first-order chi connectivity index (χ1) is 12.2. The van der Waals surface area contributed by atoms with Crippen molar-refractivity contribution >= 4 is 11.8 Å². The molecule has 0 bridgehead atoms. The van der Waals surface area contributed by atoms with Crippen molar-refractivity contribution in [3.8, 4) is 5.75 Å². The summed E-state index contributed by atoms with van der Waals surface area (Å²) in [5.74, 6) is 0.682. The molecule has 5 nitrogen and oxygen atoms in total. The lowest BCUT2D eigenvalue weighted by Crippen LogP contribution is -2.35. The molecule has 2 aromatic rings. The van der Waals surface area contributed by atoms with E-state index in [1.165, 1.54) is 0 Å². The third kappa shape index (κ3) is 7.08. The zero-order chi connectivity index (χ0) is 17.9. The summed E-state index contributed by atoms with van der Waals surface area (Å²) in [6, 6.07) is 17.0. The summed E-state index contributed by atoms with van der Waals surface area (Å²) >= 11 is 0. The third-order valence-electron chi connectivity index (χ3n) is 3.58. The highest BCUT2D eigenvalue weighted by molar-refractivity contribution is 5.79. The molecule has 0 aliphatic rings. The summed E-state index contributed by atoms with van der Waals surface area (Å²) in [7, 11) is 0. The van der Waals surface area contributed by atoms with Gasteiger partial charge < -0.3 is 15.4 Å². The van der Waals surface area contributed by atoms with Gasteiger partial charge in [0, 0.05) is 13.1 Å². The number of nitrogens with one attached hydrogen (secondary N) is 2. The van der Waals surface area contributed by atoms with Crippen LogP contribution in [0.2, 0.25) is 0 Å². The molecule has 5 heteroatoms. The van der Waals surface area contributed by atoms with Crippen LogP contribution in [-0.4, -0.2) is 31.5 Å². The second-order valence-electron chi connectivity index (χ2n) is 5.62. The number of carbonyl (C=O) groups is 2. The lowest BCUT2D eigenvalue weighted by molar-refractivity contribution is -0.122. The molecule has 25 heavy (non-hydrogen) atoms. The van der Waals surface area contributed by atoms with Crippen LogP contribution in [0.3, 0.4) is 0 Å². The van der Waals surface area contributed by atoms with E-state index in [0.29, 0.717) is 32.5 Å². The Kier molecular flexibility index (Phi) is 7.50. The monoisotopic (exact) mass is 340 g/mol. The SMILES string of the molecule is CCOc1ccc(CC(=O)NCCNC(=O)Cc2ccccc2)cc1. The average molecular weight is 340 g/mol. The van der Waals surface area contributed by atoms with E-state index in [9.17, 15) is 9.59 Å². The number of hydrogen-bond acceptors (Lipinski definition) is 3. The largest absolute Gasteiger partial charge is 0.494 e. The first kappa shape index (κ1) is 18.5. The molecule has 2 N–H and O–H groups in total. The normalized spacial score (nSPS) is 10.1. The average Bonchev–Trinajstić information content (AvgIpc) is 2.61. The van der Waals surface area contributed by atoms with Gasteiger partial charge in [-0.1, -0.05) is 42.5 Å². The molecule has 0 unspecified atom stereocenters. The zero-order valence-corrected chi connectivity index (χ0v) is 14.5. The Bertz CT molecular complexity index is 669. The van der Waals surface area contributed by atoms with Crippen LogP contribution >= 0.6 is 0 Å². The van der Waals surface area contributed by atoms with Crippen molar-refractivity contribution in [3.63, 3.8) is 0 Å². The topological polar surface area (TPSA) is 67.4 Å². The zero-order valence-electron chi connectivity index (χ0n) is 14.5. The van der Waals surface area contributed by atoms with Gasteiger partial charge in [-0.3, -0.25) is 9.59 Å². The number of rotatable bonds is 9. The summed E-state index contributed by atoms with van der Waals surface area (Å²) in [6.45, 7) is 3.38. The van der Waals surface area contributed by atoms with Crippen LogP contribution in [0.25, 0.3) is 0 Å². The molecule has 0 spiro atoms. The molecule has 2 aromatic carbocycles. The Morgan fingerprint density at radius 2 is 1.32 bits per heavy atom. The number of amides is 2. The Morgan fingerprint density at radius 3 is 1.84 bits per heavy atom. The van der Waals surface area contributed by atoms with Crippen LogP contribution in [0, 0.1) is 0 Å². The summed E-state index contributed by atoms with van der Waals surface area (Å²) in [4.78, 5) is 23.7. The maximum Gasteiger partial charge on any atom is 0.224 e. The van der Waals surface area contributed by atoms with Gasteiger partial charge >= 0.3 is 0 Å². The number of ether oxygens (including phenoxy) is 1. The first-order valence-corrected chi connectivity index (χ1v) is 8.46. The van der Waals surface area contributed by atoms with Gasteiger partial charge in [0.1, 0.15) is 5.75 Å². The molecule has 0 saturated carbocycles. The molecular weight excluding hydrogens is 316 g/mol. The molecule has 2 amide bonds. The third-order valence-corrected chi connectivity index (χ3v) is 3.58. The summed E-state index contributed by atoms with van der Waals surface area (Å²) in [6.07, 6.45) is 0.658. The maximum atomic E-state index is 11.9. The smallest absolute Gasteiger partial charge is 0.224 e. The molecule has 132 valence electrons. The van der Waals surface area contributed by atoms with Gasteiger partial charge in [-0.2, -0.15) is 0 Å². The van der Waals surface area contributed by atoms with E-state index in [4.69, 9.17) is 4.74 Å². The van der Waals surface area contributed by atoms with Crippen molar-refractivity contribution in [1.82, 2.24) is 10.6 Å². The summed E-state index contributed by atoms with van der Waals surface area (Å²) in [5.41, 5.74) is 1.90. The van der Waals surface area contributed by atoms with Gasteiger partial charge in [0.25, 0.3) is 0 Å². The molecule has 0 aliphatic heterocycles. The molecule has 0 radical (unpaired) electrons. The van der Waals surface area contributed by atoms with Crippen LogP contribution in [0.15, 0.2) is 54.6 Å². The molecule has 0 atom stereocenters. The molecule has 2 rings (SSSR count). The summed E-state index contributed by atoms with van der Waals surface area (Å²) in [5, 5.41) is 5.61. The van der Waals surface area contributed by atoms with Crippen molar-refractivity contribution in [2.75, 3.05) is 19.7 Å². The van der Waals surface area contributed by atoms with Crippen LogP contribution in [0.4, 0.5) is 0 Å². The highest BCUT2D eigenvalue weighted by Gasteiger charge is 2.05. The van der Waals surface area contributed by atoms with E-state index in [1.54, 1.807) is 0 Å². The highest BCUT2D eigenvalue weighted by Crippen LogP contribution is 2.12. The Labute approximate surface area is 148 Å². The molecule has 0 aliphatic carbocycles. The van der Waals surface area contributed by atoms with E-state index in [2.05, 4.69) is 10.6 Å². The number of carbonyl (C=O) groups excluding carboxylic acids is 2. The van der Waals surface area contributed by atoms with Gasteiger partial charge in [-0.05, 0) is 30.2 Å². The van der Waals surface area contributed by atoms with E-state index in [1.807, 2.05) is 61.5 Å². The van der Waals surface area contributed by atoms with Crippen LogP contribution in [0.1, 0.15) is 18.1 Å². The fourth-order valence-corrected chi connectivity index (χ4v) is 2.37. The standard InChI is InChI=1S/C20H24N2O3/c1-2-25-18-10-8-17(9-11-18)15-20(24)22-13-12-21-19(23)14-16-6-4-3-5-7-16/h3-11H,2,12-15H2,1H3,(H,21,23)(H,22,24). The fourth-order valence-electron chi connectivity index (χ4n) is 2.37. The number of benzene rings is 2. The minimum atomic E-state index is -0.0681. The van der Waals surface area contributed by atoms with Crippen molar-refractivity contribution in [3.05, 3.63) is 65.7 Å². The van der Waals surface area contributed by atoms with Gasteiger partial charge in [0.15, 0.2) is 0 Å². The van der Waals surface area contributed by atoms with Gasteiger partial charge in [-0.25, -0.2) is 0 Å². The Balaban J connectivity index is 1.62. The van der Waals surface area contributed by atoms with Gasteiger partial charge in [-0.15, -0.1) is 0 Å². The summed E-state index contributed by atoms with van der Waals surface area (Å²) < 4.78 is 5.37. The lowest BCUT2D eigenvalue weighted by Gasteiger charge is -2.08. The van der Waals surface area contributed by atoms with Crippen molar-refractivity contribution in [2.24, 2.45) is 0 Å². The minimum absolute atomic E-state index is 0.0491. The van der Waals surface area contributed by atoms with Crippen molar-refractivity contribution < 1.29 is 14.3 Å². The van der Waals surface area contributed by atoms with Crippen LogP contribution in [-0.2, 0) is 22.4 Å². The predicted molar refractivity (Wildman–Crippen MR) is 97.5 cm³/mol. The van der Waals surface area contributed by atoms with Crippen LogP contribution in [0.5, 0.6) is 5.75 Å². The highest BCUT2D eigenvalue weighted by atomic mass is 16.5. The fraction of sp³-hybridized carbons (Fsp3) is 0.300. The quantitative estimate of drug-likeness (QED) is 0.687. The predicted octanol–water partition coefficient (Wildman–Crippen LogP) is 2.10. The van der Waals surface area contributed by atoms with Gasteiger partial charge in [0.2, 0.25) is 11.8 Å². The molecule has 0 saturated heterocycles. The Hall–Kier alpha value is -2.82. The van der Waals surface area contributed by atoms with E-state index in [-0.39, 0.29) is 11.8 Å². The van der Waals surface area contributed by atoms with Crippen molar-refractivity contribution in [2.45, 2.75) is 19.8 Å². The molecule has 0 aromatic heterocycles. The lowest BCUT2D eigenvalue weighted by atomic mass is 10.1. The van der Waals surface area contributed by atoms with E-state index < -0.39 is 0 Å². The maximum absolute atomic E-state index is 11.9. The van der Waals surface area contributed by atoms with Gasteiger partial charge in [0.05, 0.1) is 19.4 Å². The Morgan fingerprint density at radius 1 is 0.800 bits per heavy atom. The molecule has 0 fully saturated rings. The van der Waals surface area contributed by atoms with Crippen LogP contribution < -0.4 is 15.4 Å².